The molecule has 0 spiro atoms. The number of carbonyl (C=O) groups is 2. The predicted molar refractivity (Wildman–Crippen MR) is 74.4 cm³/mol. The molecule has 1 aromatic carbocycles. The Balaban J connectivity index is 2.42. The summed E-state index contributed by atoms with van der Waals surface area (Å²) < 4.78 is 0. The topological polar surface area (TPSA) is 37.4 Å². The van der Waals surface area contributed by atoms with E-state index in [1.807, 2.05) is 32.0 Å². The van der Waals surface area contributed by atoms with Gasteiger partial charge < -0.3 is 4.90 Å². The maximum Gasteiger partial charge on any atom is 0.240 e. The molecule has 0 bridgehead atoms. The third kappa shape index (κ3) is 2.17. The molecule has 1 heterocycles. The van der Waals surface area contributed by atoms with E-state index in [9.17, 15) is 9.59 Å². The number of rotatable bonds is 3. The van der Waals surface area contributed by atoms with Gasteiger partial charge in [-0.25, -0.2) is 0 Å². The second kappa shape index (κ2) is 5.14. The minimum atomic E-state index is -0.00442. The molecule has 1 unspecified atom stereocenters. The molecule has 1 aliphatic heterocycles. The Morgan fingerprint density at radius 2 is 2.11 bits per heavy atom. The van der Waals surface area contributed by atoms with Crippen LogP contribution in [0.4, 0.5) is 5.69 Å². The molecule has 1 aromatic rings. The number of benzene rings is 1. The number of ketones is 1. The van der Waals surface area contributed by atoms with Gasteiger partial charge in [0.25, 0.3) is 0 Å². The number of amides is 1. The molecule has 96 valence electrons. The van der Waals surface area contributed by atoms with Crippen LogP contribution in [0.1, 0.15) is 37.0 Å². The molecule has 1 atom stereocenters. The summed E-state index contributed by atoms with van der Waals surface area (Å²) in [5, 5.41) is -0.00442. The molecule has 1 aliphatic rings. The van der Waals surface area contributed by atoms with Crippen LogP contribution >= 0.6 is 11.8 Å². The Labute approximate surface area is 112 Å². The van der Waals surface area contributed by atoms with Gasteiger partial charge in [-0.2, -0.15) is 0 Å². The lowest BCUT2D eigenvalue weighted by molar-refractivity contribution is -0.118. The normalized spacial score (nSPS) is 18.7. The third-order valence-corrected chi connectivity index (χ3v) is 4.63. The molecule has 0 saturated carbocycles. The van der Waals surface area contributed by atoms with Crippen LogP contribution in [0, 0.1) is 0 Å². The van der Waals surface area contributed by atoms with Gasteiger partial charge >= 0.3 is 0 Å². The van der Waals surface area contributed by atoms with Gasteiger partial charge in [-0.05, 0) is 18.6 Å². The van der Waals surface area contributed by atoms with E-state index in [0.29, 0.717) is 12.0 Å². The first-order valence-electron chi connectivity index (χ1n) is 6.20. The zero-order valence-corrected chi connectivity index (χ0v) is 11.7. The molecule has 0 radical (unpaired) electrons. The molecule has 18 heavy (non-hydrogen) atoms. The van der Waals surface area contributed by atoms with Gasteiger partial charge in [0.1, 0.15) is 0 Å². The molecular formula is C14H17NO2S. The SMILES string of the molecule is CCC(=O)c1ccc2c(c1)N(C)C(=O)C(CC)S2. The quantitative estimate of drug-likeness (QED) is 0.786. The molecule has 2 rings (SSSR count). The monoisotopic (exact) mass is 263 g/mol. The highest BCUT2D eigenvalue weighted by Crippen LogP contribution is 2.40. The van der Waals surface area contributed by atoms with Crippen LogP contribution in [-0.4, -0.2) is 24.0 Å². The van der Waals surface area contributed by atoms with E-state index in [1.165, 1.54) is 0 Å². The molecular weight excluding hydrogens is 246 g/mol. The highest BCUT2D eigenvalue weighted by atomic mass is 32.2. The van der Waals surface area contributed by atoms with E-state index < -0.39 is 0 Å². The maximum absolute atomic E-state index is 12.1. The molecule has 3 nitrogen and oxygen atoms in total. The fourth-order valence-corrected chi connectivity index (χ4v) is 3.25. The van der Waals surface area contributed by atoms with E-state index in [0.717, 1.165) is 17.0 Å². The van der Waals surface area contributed by atoms with Crippen molar-refractivity contribution < 1.29 is 9.59 Å². The minimum Gasteiger partial charge on any atom is -0.313 e. The van der Waals surface area contributed by atoms with E-state index in [-0.39, 0.29) is 16.9 Å². The fourth-order valence-electron chi connectivity index (χ4n) is 2.05. The molecule has 0 aromatic heterocycles. The van der Waals surface area contributed by atoms with Crippen molar-refractivity contribution in [2.75, 3.05) is 11.9 Å². The molecule has 4 heteroatoms. The lowest BCUT2D eigenvalue weighted by atomic mass is 10.1. The average Bonchev–Trinajstić information content (AvgIpc) is 2.41. The predicted octanol–water partition coefficient (Wildman–Crippen LogP) is 3.13. The molecule has 0 fully saturated rings. The van der Waals surface area contributed by atoms with Crippen LogP contribution < -0.4 is 4.90 Å². The van der Waals surface area contributed by atoms with Crippen molar-refractivity contribution in [2.45, 2.75) is 36.8 Å². The summed E-state index contributed by atoms with van der Waals surface area (Å²) in [6, 6.07) is 5.64. The number of anilines is 1. The summed E-state index contributed by atoms with van der Waals surface area (Å²) in [6.07, 6.45) is 1.31. The van der Waals surface area contributed by atoms with E-state index >= 15 is 0 Å². The minimum absolute atomic E-state index is 0.00442. The van der Waals surface area contributed by atoms with Gasteiger partial charge in [-0.1, -0.05) is 19.9 Å². The molecule has 1 amide bonds. The molecule has 0 aliphatic carbocycles. The smallest absolute Gasteiger partial charge is 0.240 e. The van der Waals surface area contributed by atoms with Gasteiger partial charge in [0.05, 0.1) is 10.9 Å². The van der Waals surface area contributed by atoms with Crippen LogP contribution in [0.5, 0.6) is 0 Å². The van der Waals surface area contributed by atoms with Crippen LogP contribution in [0.25, 0.3) is 0 Å². The summed E-state index contributed by atoms with van der Waals surface area (Å²) in [5.74, 6) is 0.234. The Bertz CT molecular complexity index is 499. The van der Waals surface area contributed by atoms with Crippen molar-refractivity contribution in [2.24, 2.45) is 0 Å². The van der Waals surface area contributed by atoms with E-state index in [2.05, 4.69) is 0 Å². The van der Waals surface area contributed by atoms with E-state index in [4.69, 9.17) is 0 Å². The first kappa shape index (κ1) is 13.1. The van der Waals surface area contributed by atoms with Crippen LogP contribution in [0.2, 0.25) is 0 Å². The second-order valence-corrected chi connectivity index (χ2v) is 5.62. The van der Waals surface area contributed by atoms with Gasteiger partial charge in [-0.3, -0.25) is 9.59 Å². The zero-order chi connectivity index (χ0) is 13.3. The van der Waals surface area contributed by atoms with Crippen molar-refractivity contribution in [3.8, 4) is 0 Å². The molecule has 0 saturated heterocycles. The van der Waals surface area contributed by atoms with Crippen molar-refractivity contribution in [3.63, 3.8) is 0 Å². The zero-order valence-electron chi connectivity index (χ0n) is 10.9. The summed E-state index contributed by atoms with van der Waals surface area (Å²) in [6.45, 7) is 3.86. The highest BCUT2D eigenvalue weighted by molar-refractivity contribution is 8.01. The molecule has 0 N–H and O–H groups in total. The third-order valence-electron chi connectivity index (χ3n) is 3.21. The van der Waals surface area contributed by atoms with Gasteiger partial charge in [0, 0.05) is 23.9 Å². The number of carbonyl (C=O) groups excluding carboxylic acids is 2. The largest absolute Gasteiger partial charge is 0.313 e. The van der Waals surface area contributed by atoms with Gasteiger partial charge in [0.2, 0.25) is 5.91 Å². The first-order valence-corrected chi connectivity index (χ1v) is 7.07. The highest BCUT2D eigenvalue weighted by Gasteiger charge is 2.30. The summed E-state index contributed by atoms with van der Waals surface area (Å²) in [4.78, 5) is 26.5. The Kier molecular flexibility index (Phi) is 3.76. The van der Waals surface area contributed by atoms with Crippen molar-refractivity contribution >= 4 is 29.1 Å². The summed E-state index contributed by atoms with van der Waals surface area (Å²) >= 11 is 1.59. The van der Waals surface area contributed by atoms with Crippen LogP contribution in [-0.2, 0) is 4.79 Å². The number of Topliss-reactive ketones (excluding diaryl/α,β-unsaturated/α-hetero) is 1. The standard InChI is InChI=1S/C14H17NO2S/c1-4-11(16)9-6-7-13-10(8-9)15(3)14(17)12(5-2)18-13/h6-8,12H,4-5H2,1-3H3. The average molecular weight is 263 g/mol. The first-order chi connectivity index (χ1) is 8.58. The summed E-state index contributed by atoms with van der Waals surface area (Å²) in [7, 11) is 1.78. The Hall–Kier alpha value is -1.29. The number of nitrogens with zero attached hydrogens (tertiary/aromatic N) is 1. The fraction of sp³-hybridized carbons (Fsp3) is 0.429. The van der Waals surface area contributed by atoms with Gasteiger partial charge in [-0.15, -0.1) is 11.8 Å². The number of hydrogen-bond donors (Lipinski definition) is 0. The number of thioether (sulfide) groups is 1. The second-order valence-electron chi connectivity index (χ2n) is 4.37. The number of hydrogen-bond acceptors (Lipinski definition) is 3. The Morgan fingerprint density at radius 1 is 1.39 bits per heavy atom. The summed E-state index contributed by atoms with van der Waals surface area (Å²) in [5.41, 5.74) is 1.54. The number of fused-ring (bicyclic) bond motifs is 1. The lowest BCUT2D eigenvalue weighted by Gasteiger charge is -2.30. The van der Waals surface area contributed by atoms with Crippen LogP contribution in [0.3, 0.4) is 0 Å². The van der Waals surface area contributed by atoms with Crippen molar-refractivity contribution in [3.05, 3.63) is 23.8 Å². The van der Waals surface area contributed by atoms with Crippen molar-refractivity contribution in [1.82, 2.24) is 0 Å². The van der Waals surface area contributed by atoms with Crippen LogP contribution in [0.15, 0.2) is 23.1 Å². The Morgan fingerprint density at radius 3 is 2.72 bits per heavy atom. The maximum atomic E-state index is 12.1. The van der Waals surface area contributed by atoms with Gasteiger partial charge in [0.15, 0.2) is 5.78 Å². The lowest BCUT2D eigenvalue weighted by Crippen LogP contribution is -2.37. The van der Waals surface area contributed by atoms with Crippen molar-refractivity contribution in [1.29, 1.82) is 0 Å². The van der Waals surface area contributed by atoms with E-state index in [1.54, 1.807) is 23.7 Å².